The first-order chi connectivity index (χ1) is 19.2. The molecule has 0 radical (unpaired) electrons. The van der Waals surface area contributed by atoms with Crippen LogP contribution >= 0.6 is 11.6 Å². The maximum Gasteiger partial charge on any atom is 0.310 e. The zero-order valence-corrected chi connectivity index (χ0v) is 21.6. The van der Waals surface area contributed by atoms with E-state index in [1.165, 1.54) is 18.5 Å². The van der Waals surface area contributed by atoms with E-state index in [9.17, 15) is 23.9 Å². The van der Waals surface area contributed by atoms with Crippen LogP contribution in [0, 0.1) is 17.2 Å². The number of aromatic nitrogens is 2. The summed E-state index contributed by atoms with van der Waals surface area (Å²) in [6.45, 7) is 0.138. The van der Waals surface area contributed by atoms with Gasteiger partial charge in [-0.15, -0.1) is 0 Å². The van der Waals surface area contributed by atoms with Crippen LogP contribution in [-0.2, 0) is 21.0 Å². The van der Waals surface area contributed by atoms with E-state index in [0.717, 1.165) is 0 Å². The Hall–Kier alpha value is -4.77. The van der Waals surface area contributed by atoms with Gasteiger partial charge in [0.25, 0.3) is 0 Å². The maximum absolute atomic E-state index is 13.4. The van der Waals surface area contributed by atoms with Gasteiger partial charge >= 0.3 is 5.97 Å². The third kappa shape index (κ3) is 5.50. The fourth-order valence-corrected chi connectivity index (χ4v) is 4.72. The van der Waals surface area contributed by atoms with E-state index in [0.29, 0.717) is 44.4 Å². The molecule has 12 heteroatoms. The summed E-state index contributed by atoms with van der Waals surface area (Å²) < 4.78 is 19.1. The molecule has 40 heavy (non-hydrogen) atoms. The molecule has 5 N–H and O–H groups in total. The number of carboxylic acid groups (broad SMARTS) is 1. The van der Waals surface area contributed by atoms with Crippen molar-refractivity contribution < 1.29 is 28.6 Å². The first kappa shape index (κ1) is 26.8. The standard InChI is InChI=1S/C28H23ClFN5O5/c29-20-12-18(5-7-22(20)40-13-15-2-1-3-16(30)10-15)34-25-19-11-17(4-6-21(19)32-14-33-25)35-26(37)23(24(31)36)28(8-9-28)27(38)39/h1-7,10-12,14,23H,8-9,13H2,(H2,31,36)(H,35,37)(H,38,39)(H,32,33,34). The Kier molecular flexibility index (Phi) is 7.22. The number of carboxylic acids is 1. The number of carbonyl (C=O) groups excluding carboxylic acids is 2. The Labute approximate surface area is 232 Å². The molecule has 1 heterocycles. The number of nitrogens with one attached hydrogen (secondary N) is 2. The highest BCUT2D eigenvalue weighted by Gasteiger charge is 2.61. The normalized spacial score (nSPS) is 14.2. The summed E-state index contributed by atoms with van der Waals surface area (Å²) in [6, 6.07) is 15.9. The van der Waals surface area contributed by atoms with Crippen LogP contribution in [0.5, 0.6) is 5.75 Å². The zero-order valence-electron chi connectivity index (χ0n) is 20.9. The molecule has 1 aliphatic rings. The summed E-state index contributed by atoms with van der Waals surface area (Å²) in [6.07, 6.45) is 1.76. The fraction of sp³-hybridized carbons (Fsp3) is 0.179. The van der Waals surface area contributed by atoms with Gasteiger partial charge in [0, 0.05) is 16.8 Å². The highest BCUT2D eigenvalue weighted by Crippen LogP contribution is 2.52. The van der Waals surface area contributed by atoms with Crippen molar-refractivity contribution in [2.24, 2.45) is 17.1 Å². The molecule has 0 bridgehead atoms. The number of benzene rings is 3. The Morgan fingerprint density at radius 3 is 2.52 bits per heavy atom. The molecule has 1 aromatic heterocycles. The molecular formula is C28H23ClFN5O5. The van der Waals surface area contributed by atoms with Gasteiger partial charge in [-0.2, -0.15) is 0 Å². The van der Waals surface area contributed by atoms with Crippen LogP contribution in [-0.4, -0.2) is 32.9 Å². The molecule has 2 amide bonds. The number of carbonyl (C=O) groups is 3. The molecule has 1 unspecified atom stereocenters. The van der Waals surface area contributed by atoms with Crippen molar-refractivity contribution in [3.05, 3.63) is 83.4 Å². The lowest BCUT2D eigenvalue weighted by molar-refractivity contribution is -0.151. The van der Waals surface area contributed by atoms with Crippen molar-refractivity contribution in [3.8, 4) is 5.75 Å². The molecule has 0 spiro atoms. The fourth-order valence-electron chi connectivity index (χ4n) is 4.48. The smallest absolute Gasteiger partial charge is 0.310 e. The van der Waals surface area contributed by atoms with E-state index < -0.39 is 29.1 Å². The van der Waals surface area contributed by atoms with E-state index >= 15 is 0 Å². The van der Waals surface area contributed by atoms with Gasteiger partial charge in [-0.1, -0.05) is 23.7 Å². The maximum atomic E-state index is 13.4. The van der Waals surface area contributed by atoms with E-state index in [1.54, 1.807) is 48.5 Å². The average molecular weight is 564 g/mol. The lowest BCUT2D eigenvalue weighted by Crippen LogP contribution is -2.43. The SMILES string of the molecule is NC(=O)C(C(=O)Nc1ccc2ncnc(Nc3ccc(OCc4cccc(F)c4)c(Cl)c3)c2c1)C1(C(=O)O)CC1. The van der Waals surface area contributed by atoms with Gasteiger partial charge in [0.1, 0.15) is 36.2 Å². The molecule has 204 valence electrons. The summed E-state index contributed by atoms with van der Waals surface area (Å²) in [5.41, 5.74) is 6.04. The summed E-state index contributed by atoms with van der Waals surface area (Å²) in [5.74, 6) is -4.06. The molecule has 10 nitrogen and oxygen atoms in total. The number of hydrogen-bond donors (Lipinski definition) is 4. The largest absolute Gasteiger partial charge is 0.487 e. The third-order valence-corrected chi connectivity index (χ3v) is 6.99. The van der Waals surface area contributed by atoms with Crippen LogP contribution in [0.15, 0.2) is 67.0 Å². The van der Waals surface area contributed by atoms with Crippen molar-refractivity contribution in [2.75, 3.05) is 10.6 Å². The third-order valence-electron chi connectivity index (χ3n) is 6.69. The molecule has 1 aliphatic carbocycles. The van der Waals surface area contributed by atoms with Crippen LogP contribution in [0.2, 0.25) is 5.02 Å². The summed E-state index contributed by atoms with van der Waals surface area (Å²) in [4.78, 5) is 45.2. The number of amides is 2. The van der Waals surface area contributed by atoms with Gasteiger partial charge < -0.3 is 26.2 Å². The highest BCUT2D eigenvalue weighted by molar-refractivity contribution is 6.32. The van der Waals surface area contributed by atoms with Gasteiger partial charge in [0.05, 0.1) is 16.0 Å². The molecular weight excluding hydrogens is 541 g/mol. The Morgan fingerprint density at radius 1 is 1.07 bits per heavy atom. The monoisotopic (exact) mass is 563 g/mol. The number of primary amides is 1. The predicted octanol–water partition coefficient (Wildman–Crippen LogP) is 4.65. The minimum Gasteiger partial charge on any atom is -0.487 e. The second-order valence-electron chi connectivity index (χ2n) is 9.43. The number of ether oxygens (including phenoxy) is 1. The van der Waals surface area contributed by atoms with E-state index in [2.05, 4.69) is 20.6 Å². The Balaban J connectivity index is 1.34. The molecule has 5 rings (SSSR count). The lowest BCUT2D eigenvalue weighted by Gasteiger charge is -2.20. The van der Waals surface area contributed by atoms with E-state index in [4.69, 9.17) is 22.1 Å². The number of halogens is 2. The minimum atomic E-state index is -1.51. The Bertz CT molecular complexity index is 1640. The first-order valence-corrected chi connectivity index (χ1v) is 12.6. The van der Waals surface area contributed by atoms with Crippen LogP contribution in [0.4, 0.5) is 21.6 Å². The van der Waals surface area contributed by atoms with Gasteiger partial charge in [0.15, 0.2) is 0 Å². The second-order valence-corrected chi connectivity index (χ2v) is 9.84. The van der Waals surface area contributed by atoms with Gasteiger partial charge in [-0.25, -0.2) is 14.4 Å². The number of rotatable bonds is 10. The molecule has 1 atom stereocenters. The van der Waals surface area contributed by atoms with Crippen molar-refractivity contribution in [3.63, 3.8) is 0 Å². The zero-order chi connectivity index (χ0) is 28.4. The van der Waals surface area contributed by atoms with Crippen LogP contribution in [0.1, 0.15) is 18.4 Å². The predicted molar refractivity (Wildman–Crippen MR) is 146 cm³/mol. The number of nitrogens with two attached hydrogens (primary N) is 1. The van der Waals surface area contributed by atoms with Crippen LogP contribution < -0.4 is 21.1 Å². The quantitative estimate of drug-likeness (QED) is 0.203. The second kappa shape index (κ2) is 10.8. The first-order valence-electron chi connectivity index (χ1n) is 12.2. The van der Waals surface area contributed by atoms with Crippen LogP contribution in [0.25, 0.3) is 10.9 Å². The highest BCUT2D eigenvalue weighted by atomic mass is 35.5. The minimum absolute atomic E-state index is 0.138. The average Bonchev–Trinajstić information content (AvgIpc) is 3.70. The molecule has 0 saturated heterocycles. The summed E-state index contributed by atoms with van der Waals surface area (Å²) in [7, 11) is 0. The topological polar surface area (TPSA) is 157 Å². The molecule has 1 fully saturated rings. The van der Waals surface area contributed by atoms with Gasteiger partial charge in [-0.3, -0.25) is 14.4 Å². The number of hydrogen-bond acceptors (Lipinski definition) is 7. The van der Waals surface area contributed by atoms with Gasteiger partial charge in [0.2, 0.25) is 11.8 Å². The van der Waals surface area contributed by atoms with Crippen molar-refractivity contribution in [2.45, 2.75) is 19.4 Å². The Morgan fingerprint density at radius 2 is 1.85 bits per heavy atom. The molecule has 4 aromatic rings. The molecule has 0 aliphatic heterocycles. The summed E-state index contributed by atoms with van der Waals surface area (Å²) in [5, 5.41) is 16.2. The van der Waals surface area contributed by atoms with Crippen molar-refractivity contribution in [1.29, 1.82) is 0 Å². The van der Waals surface area contributed by atoms with Crippen molar-refractivity contribution >= 4 is 57.5 Å². The van der Waals surface area contributed by atoms with Gasteiger partial charge in [-0.05, 0) is 66.9 Å². The number of anilines is 3. The lowest BCUT2D eigenvalue weighted by atomic mass is 9.87. The number of nitrogens with zero attached hydrogens (tertiary/aromatic N) is 2. The van der Waals surface area contributed by atoms with Crippen molar-refractivity contribution in [1.82, 2.24) is 9.97 Å². The molecule has 3 aromatic carbocycles. The van der Waals surface area contributed by atoms with Crippen LogP contribution in [0.3, 0.4) is 0 Å². The van der Waals surface area contributed by atoms with E-state index in [-0.39, 0.29) is 25.3 Å². The van der Waals surface area contributed by atoms with E-state index in [1.807, 2.05) is 0 Å². The summed E-state index contributed by atoms with van der Waals surface area (Å²) >= 11 is 6.41. The number of fused-ring (bicyclic) bond motifs is 1. The molecule has 1 saturated carbocycles. The number of aliphatic carboxylic acids is 1.